The first-order chi connectivity index (χ1) is 7.38. The predicted octanol–water partition coefficient (Wildman–Crippen LogP) is 4.48. The van der Waals surface area contributed by atoms with E-state index in [4.69, 9.17) is 0 Å². The zero-order valence-corrected chi connectivity index (χ0v) is 8.89. The summed E-state index contributed by atoms with van der Waals surface area (Å²) in [5.41, 5.74) is 2.27. The molecule has 0 heterocycles. The zero-order chi connectivity index (χ0) is 10.9. The Bertz CT molecular complexity index is 344. The fourth-order valence-electron chi connectivity index (χ4n) is 1.28. The Morgan fingerprint density at radius 1 is 0.867 bits per heavy atom. The van der Waals surface area contributed by atoms with Crippen molar-refractivity contribution in [2.45, 2.75) is 6.42 Å². The summed E-state index contributed by atoms with van der Waals surface area (Å²) >= 11 is 0. The number of allylic oxidation sites excluding steroid dienone is 4. The van der Waals surface area contributed by atoms with Gasteiger partial charge in [0, 0.05) is 0 Å². The Hall–Kier alpha value is -1.82. The van der Waals surface area contributed by atoms with Crippen molar-refractivity contribution in [2.75, 3.05) is 0 Å². The molecule has 0 saturated carbocycles. The Morgan fingerprint density at radius 2 is 1.33 bits per heavy atom. The standard InChI is InChI=1S/C10H10.C5H6/c1-3-9-7-5-6-8-10(9)4-2;1-2-4-5-3-1/h3-8H,1-2H2;1-4H,5H2. The third kappa shape index (κ3) is 3.82. The normalized spacial score (nSPS) is 11.7. The molecule has 0 nitrogen and oxygen atoms in total. The summed E-state index contributed by atoms with van der Waals surface area (Å²) < 4.78 is 0. The first kappa shape index (κ1) is 11.3. The van der Waals surface area contributed by atoms with E-state index in [0.29, 0.717) is 0 Å². The van der Waals surface area contributed by atoms with Crippen LogP contribution in [0.5, 0.6) is 0 Å². The Labute approximate surface area is 92.0 Å². The highest BCUT2D eigenvalue weighted by atomic mass is 13.9. The van der Waals surface area contributed by atoms with Crippen LogP contribution in [0.4, 0.5) is 0 Å². The van der Waals surface area contributed by atoms with Gasteiger partial charge in [0.2, 0.25) is 0 Å². The Kier molecular flexibility index (Phi) is 4.96. The van der Waals surface area contributed by atoms with E-state index >= 15 is 0 Å². The van der Waals surface area contributed by atoms with Crippen LogP contribution in [0.25, 0.3) is 12.2 Å². The van der Waals surface area contributed by atoms with E-state index in [1.807, 2.05) is 36.4 Å². The van der Waals surface area contributed by atoms with Gasteiger partial charge in [0.25, 0.3) is 0 Å². The maximum absolute atomic E-state index is 3.69. The van der Waals surface area contributed by atoms with Gasteiger partial charge in [0.05, 0.1) is 0 Å². The minimum atomic E-state index is 1.14. The lowest BCUT2D eigenvalue weighted by atomic mass is 10.1. The van der Waals surface area contributed by atoms with E-state index < -0.39 is 0 Å². The molecule has 15 heavy (non-hydrogen) atoms. The molecule has 0 aromatic heterocycles. The smallest absolute Gasteiger partial charge is 0.0163 e. The van der Waals surface area contributed by atoms with Gasteiger partial charge in [-0.2, -0.15) is 0 Å². The van der Waals surface area contributed by atoms with E-state index in [-0.39, 0.29) is 0 Å². The first-order valence-corrected chi connectivity index (χ1v) is 5.04. The second-order valence-electron chi connectivity index (χ2n) is 3.13. The summed E-state index contributed by atoms with van der Waals surface area (Å²) in [4.78, 5) is 0. The molecule has 0 aliphatic heterocycles. The van der Waals surface area contributed by atoms with Crippen LogP contribution in [-0.2, 0) is 0 Å². The molecule has 0 unspecified atom stereocenters. The third-order valence-corrected chi connectivity index (χ3v) is 2.09. The Balaban J connectivity index is 0.000000187. The van der Waals surface area contributed by atoms with Crippen LogP contribution in [0.1, 0.15) is 17.5 Å². The van der Waals surface area contributed by atoms with Crippen molar-refractivity contribution in [3.05, 3.63) is 72.9 Å². The SMILES string of the molecule is C1=CCC=C1.C=Cc1ccccc1C=C. The van der Waals surface area contributed by atoms with Gasteiger partial charge < -0.3 is 0 Å². The molecule has 0 atom stereocenters. The fraction of sp³-hybridized carbons (Fsp3) is 0.0667. The van der Waals surface area contributed by atoms with Crippen molar-refractivity contribution < 1.29 is 0 Å². The van der Waals surface area contributed by atoms with Crippen LogP contribution < -0.4 is 0 Å². The molecule has 0 fully saturated rings. The van der Waals surface area contributed by atoms with Gasteiger partial charge in [-0.25, -0.2) is 0 Å². The quantitative estimate of drug-likeness (QED) is 0.654. The zero-order valence-electron chi connectivity index (χ0n) is 8.89. The maximum atomic E-state index is 3.69. The Morgan fingerprint density at radius 3 is 1.60 bits per heavy atom. The van der Waals surface area contributed by atoms with Gasteiger partial charge in [0.1, 0.15) is 0 Å². The molecule has 0 radical (unpaired) electrons. The molecule has 0 N–H and O–H groups in total. The lowest BCUT2D eigenvalue weighted by Crippen LogP contribution is -1.76. The second kappa shape index (κ2) is 6.61. The van der Waals surface area contributed by atoms with Gasteiger partial charge in [-0.05, 0) is 17.5 Å². The minimum absolute atomic E-state index is 1.14. The number of rotatable bonds is 2. The molecule has 0 amide bonds. The van der Waals surface area contributed by atoms with Gasteiger partial charge in [-0.15, -0.1) is 0 Å². The van der Waals surface area contributed by atoms with Crippen molar-refractivity contribution in [1.82, 2.24) is 0 Å². The van der Waals surface area contributed by atoms with Gasteiger partial charge >= 0.3 is 0 Å². The molecule has 0 spiro atoms. The number of hydrogen-bond donors (Lipinski definition) is 0. The summed E-state index contributed by atoms with van der Waals surface area (Å²) in [5.74, 6) is 0. The highest BCUT2D eigenvalue weighted by Gasteiger charge is 1.89. The summed E-state index contributed by atoms with van der Waals surface area (Å²) in [6.45, 7) is 7.38. The summed E-state index contributed by atoms with van der Waals surface area (Å²) in [5, 5.41) is 0. The van der Waals surface area contributed by atoms with Crippen LogP contribution in [0.15, 0.2) is 61.7 Å². The second-order valence-corrected chi connectivity index (χ2v) is 3.13. The van der Waals surface area contributed by atoms with E-state index in [1.54, 1.807) is 0 Å². The van der Waals surface area contributed by atoms with Gasteiger partial charge in [-0.3, -0.25) is 0 Å². The largest absolute Gasteiger partial charge is 0.0984 e. The van der Waals surface area contributed by atoms with Crippen LogP contribution >= 0.6 is 0 Å². The highest BCUT2D eigenvalue weighted by molar-refractivity contribution is 5.63. The molecule has 1 aromatic carbocycles. The monoisotopic (exact) mass is 196 g/mol. The van der Waals surface area contributed by atoms with Crippen LogP contribution in [-0.4, -0.2) is 0 Å². The molecular weight excluding hydrogens is 180 g/mol. The van der Waals surface area contributed by atoms with Crippen molar-refractivity contribution in [2.24, 2.45) is 0 Å². The molecule has 76 valence electrons. The van der Waals surface area contributed by atoms with Crippen LogP contribution in [0, 0.1) is 0 Å². The molecule has 0 bridgehead atoms. The third-order valence-electron chi connectivity index (χ3n) is 2.09. The molecular formula is C15H16. The lowest BCUT2D eigenvalue weighted by Gasteiger charge is -1.96. The van der Waals surface area contributed by atoms with E-state index in [9.17, 15) is 0 Å². The molecule has 1 aliphatic carbocycles. The summed E-state index contributed by atoms with van der Waals surface area (Å²) in [6.07, 6.45) is 13.2. The maximum Gasteiger partial charge on any atom is -0.0163 e. The van der Waals surface area contributed by atoms with E-state index in [0.717, 1.165) is 17.5 Å². The number of benzene rings is 1. The summed E-state index contributed by atoms with van der Waals surface area (Å²) in [7, 11) is 0. The summed E-state index contributed by atoms with van der Waals surface area (Å²) in [6, 6.07) is 8.02. The molecule has 1 aromatic rings. The van der Waals surface area contributed by atoms with Crippen molar-refractivity contribution in [1.29, 1.82) is 0 Å². The minimum Gasteiger partial charge on any atom is -0.0984 e. The first-order valence-electron chi connectivity index (χ1n) is 5.04. The number of hydrogen-bond acceptors (Lipinski definition) is 0. The molecule has 1 aliphatic rings. The topological polar surface area (TPSA) is 0 Å². The average Bonchev–Trinajstić information content (AvgIpc) is 2.87. The predicted molar refractivity (Wildman–Crippen MR) is 69.5 cm³/mol. The highest BCUT2D eigenvalue weighted by Crippen LogP contribution is 2.10. The lowest BCUT2D eigenvalue weighted by molar-refractivity contribution is 1.45. The van der Waals surface area contributed by atoms with Gasteiger partial charge in [0.15, 0.2) is 0 Å². The van der Waals surface area contributed by atoms with E-state index in [1.165, 1.54) is 0 Å². The van der Waals surface area contributed by atoms with E-state index in [2.05, 4.69) is 37.5 Å². The average molecular weight is 196 g/mol. The van der Waals surface area contributed by atoms with Crippen molar-refractivity contribution in [3.8, 4) is 0 Å². The van der Waals surface area contributed by atoms with Crippen LogP contribution in [0.2, 0.25) is 0 Å². The van der Waals surface area contributed by atoms with Gasteiger partial charge in [-0.1, -0.05) is 73.9 Å². The fourth-order valence-corrected chi connectivity index (χ4v) is 1.28. The van der Waals surface area contributed by atoms with Crippen LogP contribution in [0.3, 0.4) is 0 Å². The van der Waals surface area contributed by atoms with Crippen molar-refractivity contribution >= 4 is 12.2 Å². The molecule has 0 saturated heterocycles. The molecule has 0 heteroatoms. The van der Waals surface area contributed by atoms with Crippen molar-refractivity contribution in [3.63, 3.8) is 0 Å². The molecule has 2 rings (SSSR count).